The van der Waals surface area contributed by atoms with Crippen LogP contribution in [0.1, 0.15) is 25.3 Å². The quantitative estimate of drug-likeness (QED) is 0.664. The Labute approximate surface area is 176 Å². The van der Waals surface area contributed by atoms with E-state index in [0.717, 1.165) is 11.3 Å². The van der Waals surface area contributed by atoms with Gasteiger partial charge in [0.15, 0.2) is 0 Å². The molecule has 8 heteroatoms. The third kappa shape index (κ3) is 4.10. The Bertz CT molecular complexity index is 947. The molecule has 0 N–H and O–H groups in total. The molecule has 152 valence electrons. The predicted octanol–water partition coefficient (Wildman–Crippen LogP) is 4.79. The smallest absolute Gasteiger partial charge is 0.209 e. The Morgan fingerprint density at radius 3 is 2.21 bits per heavy atom. The van der Waals surface area contributed by atoms with Gasteiger partial charge in [0.1, 0.15) is 10.6 Å². The maximum absolute atomic E-state index is 13.3. The lowest BCUT2D eigenvalue weighted by Gasteiger charge is -2.29. The fourth-order valence-electron chi connectivity index (χ4n) is 3.26. The van der Waals surface area contributed by atoms with Crippen LogP contribution in [0.2, 0.25) is 10.0 Å². The summed E-state index contributed by atoms with van der Waals surface area (Å²) in [5.74, 6) is 0.744. The number of hydrogen-bond donors (Lipinski definition) is 0. The van der Waals surface area contributed by atoms with Crippen LogP contribution in [0, 0.1) is 0 Å². The molecule has 1 aliphatic rings. The first-order valence-electron chi connectivity index (χ1n) is 9.00. The van der Waals surface area contributed by atoms with E-state index in [1.54, 1.807) is 31.4 Å². The van der Waals surface area contributed by atoms with Crippen LogP contribution in [0.3, 0.4) is 0 Å². The van der Waals surface area contributed by atoms with Crippen molar-refractivity contribution in [3.8, 4) is 5.75 Å². The van der Waals surface area contributed by atoms with Crippen LogP contribution in [-0.2, 0) is 14.6 Å². The molecule has 0 atom stereocenters. The van der Waals surface area contributed by atoms with Crippen molar-refractivity contribution in [3.05, 3.63) is 45.9 Å². The predicted molar refractivity (Wildman–Crippen MR) is 112 cm³/mol. The molecular weight excluding hydrogens is 421 g/mol. The molecule has 2 aromatic carbocycles. The summed E-state index contributed by atoms with van der Waals surface area (Å²) < 4.78 is 37.3. The molecule has 1 heterocycles. The van der Waals surface area contributed by atoms with Crippen LogP contribution in [0.5, 0.6) is 5.75 Å². The van der Waals surface area contributed by atoms with E-state index in [2.05, 4.69) is 4.90 Å². The average Bonchev–Trinajstić information content (AvgIpc) is 2.67. The molecule has 1 aliphatic heterocycles. The Hall–Kier alpha value is -1.47. The molecule has 0 amide bonds. The molecule has 0 saturated carbocycles. The van der Waals surface area contributed by atoms with Gasteiger partial charge in [-0.05, 0) is 41.8 Å². The van der Waals surface area contributed by atoms with Crippen molar-refractivity contribution < 1.29 is 17.9 Å². The van der Waals surface area contributed by atoms with Gasteiger partial charge < -0.3 is 14.4 Å². The minimum Gasteiger partial charge on any atom is -0.496 e. The maximum Gasteiger partial charge on any atom is 0.209 e. The number of hydrogen-bond acceptors (Lipinski definition) is 5. The van der Waals surface area contributed by atoms with Crippen LogP contribution in [0.25, 0.3) is 0 Å². The molecular formula is C20H23Cl2NO4S. The molecule has 0 unspecified atom stereocenters. The Balaban J connectivity index is 2.06. The summed E-state index contributed by atoms with van der Waals surface area (Å²) >= 11 is 12.8. The molecule has 0 aromatic heterocycles. The number of methoxy groups -OCH3 is 1. The molecule has 0 radical (unpaired) electrons. The van der Waals surface area contributed by atoms with Crippen molar-refractivity contribution >= 4 is 38.7 Å². The zero-order chi connectivity index (χ0) is 20.5. The standard InChI is InChI=1S/C20H23Cl2NO4S/c1-13(2)16-12-15(4-5-19(16)26-3)28(24,25)20-17(21)10-14(11-18(20)22)23-6-8-27-9-7-23/h4-5,10-13H,6-9H2,1-3H3. The lowest BCUT2D eigenvalue weighted by molar-refractivity contribution is 0.122. The largest absolute Gasteiger partial charge is 0.496 e. The van der Waals surface area contributed by atoms with Gasteiger partial charge in [0.25, 0.3) is 0 Å². The number of halogens is 2. The van der Waals surface area contributed by atoms with Gasteiger partial charge in [-0.3, -0.25) is 0 Å². The highest BCUT2D eigenvalue weighted by atomic mass is 35.5. The normalized spacial score (nSPS) is 15.1. The second kappa shape index (κ2) is 8.49. The summed E-state index contributed by atoms with van der Waals surface area (Å²) in [6.07, 6.45) is 0. The van der Waals surface area contributed by atoms with E-state index in [1.165, 1.54) is 6.07 Å². The average molecular weight is 444 g/mol. The van der Waals surface area contributed by atoms with Gasteiger partial charge >= 0.3 is 0 Å². The van der Waals surface area contributed by atoms with Gasteiger partial charge in [0.05, 0.1) is 35.3 Å². The van der Waals surface area contributed by atoms with E-state index in [9.17, 15) is 8.42 Å². The molecule has 0 bridgehead atoms. The number of nitrogens with zero attached hydrogens (tertiary/aromatic N) is 1. The Morgan fingerprint density at radius 1 is 1.07 bits per heavy atom. The van der Waals surface area contributed by atoms with Gasteiger partial charge in [-0.2, -0.15) is 0 Å². The van der Waals surface area contributed by atoms with E-state index in [-0.39, 0.29) is 25.8 Å². The van der Waals surface area contributed by atoms with Crippen LogP contribution in [-0.4, -0.2) is 41.8 Å². The molecule has 28 heavy (non-hydrogen) atoms. The minimum absolute atomic E-state index is 0.0762. The van der Waals surface area contributed by atoms with E-state index in [0.29, 0.717) is 32.1 Å². The SMILES string of the molecule is COc1ccc(S(=O)(=O)c2c(Cl)cc(N3CCOCC3)cc2Cl)cc1C(C)C. The second-order valence-corrected chi connectivity index (χ2v) is 9.60. The summed E-state index contributed by atoms with van der Waals surface area (Å²) in [7, 11) is -2.33. The number of benzene rings is 2. The zero-order valence-electron chi connectivity index (χ0n) is 16.0. The number of rotatable bonds is 5. The third-order valence-electron chi connectivity index (χ3n) is 4.76. The monoisotopic (exact) mass is 443 g/mol. The topological polar surface area (TPSA) is 55.8 Å². The lowest BCUT2D eigenvalue weighted by atomic mass is 10.0. The lowest BCUT2D eigenvalue weighted by Crippen LogP contribution is -2.36. The fourth-order valence-corrected chi connectivity index (χ4v) is 5.74. The number of morpholine rings is 1. The van der Waals surface area contributed by atoms with Crippen LogP contribution < -0.4 is 9.64 Å². The van der Waals surface area contributed by atoms with Crippen molar-refractivity contribution in [1.82, 2.24) is 0 Å². The van der Waals surface area contributed by atoms with Crippen molar-refractivity contribution in [2.24, 2.45) is 0 Å². The fraction of sp³-hybridized carbons (Fsp3) is 0.400. The molecule has 3 rings (SSSR count). The van der Waals surface area contributed by atoms with E-state index >= 15 is 0 Å². The first kappa shape index (κ1) is 21.2. The van der Waals surface area contributed by atoms with E-state index in [1.807, 2.05) is 13.8 Å². The van der Waals surface area contributed by atoms with Crippen molar-refractivity contribution in [2.75, 3.05) is 38.3 Å². The van der Waals surface area contributed by atoms with E-state index < -0.39 is 9.84 Å². The van der Waals surface area contributed by atoms with Gasteiger partial charge in [-0.1, -0.05) is 37.0 Å². The van der Waals surface area contributed by atoms with Crippen molar-refractivity contribution in [3.63, 3.8) is 0 Å². The van der Waals surface area contributed by atoms with Crippen molar-refractivity contribution in [1.29, 1.82) is 0 Å². The summed E-state index contributed by atoms with van der Waals surface area (Å²) in [4.78, 5) is 2.13. The van der Waals surface area contributed by atoms with E-state index in [4.69, 9.17) is 32.7 Å². The van der Waals surface area contributed by atoms with Gasteiger partial charge in [-0.25, -0.2) is 8.42 Å². The number of ether oxygens (including phenoxy) is 2. The second-order valence-electron chi connectivity index (χ2n) is 6.90. The minimum atomic E-state index is -3.89. The summed E-state index contributed by atoms with van der Waals surface area (Å²) in [6, 6.07) is 8.10. The van der Waals surface area contributed by atoms with Gasteiger partial charge in [0, 0.05) is 18.8 Å². The maximum atomic E-state index is 13.3. The van der Waals surface area contributed by atoms with Gasteiger partial charge in [-0.15, -0.1) is 0 Å². The Kier molecular flexibility index (Phi) is 6.44. The molecule has 1 fully saturated rings. The van der Waals surface area contributed by atoms with Crippen molar-refractivity contribution in [2.45, 2.75) is 29.6 Å². The molecule has 2 aromatic rings. The highest BCUT2D eigenvalue weighted by Gasteiger charge is 2.27. The summed E-state index contributed by atoms with van der Waals surface area (Å²) in [6.45, 7) is 6.58. The number of sulfone groups is 1. The molecule has 1 saturated heterocycles. The third-order valence-corrected chi connectivity index (χ3v) is 7.43. The molecule has 0 aliphatic carbocycles. The highest BCUT2D eigenvalue weighted by Crippen LogP contribution is 2.39. The van der Waals surface area contributed by atoms with Crippen LogP contribution in [0.15, 0.2) is 40.1 Å². The molecule has 0 spiro atoms. The van der Waals surface area contributed by atoms with Crippen LogP contribution >= 0.6 is 23.2 Å². The molecule has 5 nitrogen and oxygen atoms in total. The summed E-state index contributed by atoms with van der Waals surface area (Å²) in [5, 5.41) is 0.215. The first-order chi connectivity index (χ1) is 13.3. The number of anilines is 1. The Morgan fingerprint density at radius 2 is 1.68 bits per heavy atom. The highest BCUT2D eigenvalue weighted by molar-refractivity contribution is 7.91. The zero-order valence-corrected chi connectivity index (χ0v) is 18.4. The first-order valence-corrected chi connectivity index (χ1v) is 11.2. The van der Waals surface area contributed by atoms with Crippen LogP contribution in [0.4, 0.5) is 5.69 Å². The summed E-state index contributed by atoms with van der Waals surface area (Å²) in [5.41, 5.74) is 1.59. The van der Waals surface area contributed by atoms with Gasteiger partial charge in [0.2, 0.25) is 9.84 Å².